The first-order valence-electron chi connectivity index (χ1n) is 6.56. The summed E-state index contributed by atoms with van der Waals surface area (Å²) in [6.45, 7) is 0. The largest absolute Gasteiger partial charge is 0.360 e. The molecule has 0 bridgehead atoms. The van der Waals surface area contributed by atoms with E-state index < -0.39 is 0 Å². The molecule has 4 heteroatoms. The summed E-state index contributed by atoms with van der Waals surface area (Å²) in [4.78, 5) is 4.00. The summed E-state index contributed by atoms with van der Waals surface area (Å²) in [6.07, 6.45) is 6.88. The maximum absolute atomic E-state index is 8.68. The summed E-state index contributed by atoms with van der Waals surface area (Å²) in [6, 6.07) is 15.6. The zero-order chi connectivity index (χ0) is 14.9. The maximum atomic E-state index is 8.68. The van der Waals surface area contributed by atoms with Gasteiger partial charge in [-0.3, -0.25) is 4.98 Å². The average molecular weight is 274 g/mol. The summed E-state index contributed by atoms with van der Waals surface area (Å²) < 4.78 is 0. The molecule has 0 spiro atoms. The fraction of sp³-hybridized carbons (Fsp3) is 0.118. The predicted octanol–water partition coefficient (Wildman–Crippen LogP) is 3.21. The smallest absolute Gasteiger partial charge is 0.145 e. The maximum Gasteiger partial charge on any atom is 0.145 e. The van der Waals surface area contributed by atoms with Crippen LogP contribution in [0.1, 0.15) is 11.1 Å². The highest BCUT2D eigenvalue weighted by Crippen LogP contribution is 2.13. The molecule has 2 aromatic rings. The molecule has 2 rings (SSSR count). The number of nitrogens with one attached hydrogen (secondary N) is 1. The molecular weight excluding hydrogens is 260 g/mol. The van der Waals surface area contributed by atoms with Gasteiger partial charge in [-0.05, 0) is 48.2 Å². The molecule has 0 aliphatic carbocycles. The molecule has 0 atom stereocenters. The number of nitriles is 2. The number of aromatic nitrogens is 1. The van der Waals surface area contributed by atoms with Crippen LogP contribution in [-0.2, 0) is 12.8 Å². The Morgan fingerprint density at radius 3 is 2.48 bits per heavy atom. The van der Waals surface area contributed by atoms with Crippen molar-refractivity contribution in [3.05, 3.63) is 71.7 Å². The van der Waals surface area contributed by atoms with E-state index in [0.29, 0.717) is 0 Å². The van der Waals surface area contributed by atoms with Gasteiger partial charge in [0.1, 0.15) is 17.7 Å². The molecule has 1 heterocycles. The van der Waals surface area contributed by atoms with Crippen LogP contribution in [-0.4, -0.2) is 4.98 Å². The van der Waals surface area contributed by atoms with E-state index in [4.69, 9.17) is 10.5 Å². The van der Waals surface area contributed by atoms with Gasteiger partial charge in [-0.25, -0.2) is 0 Å². The fourth-order valence-electron chi connectivity index (χ4n) is 1.90. The minimum atomic E-state index is 0.0530. The lowest BCUT2D eigenvalue weighted by molar-refractivity contribution is 0.956. The van der Waals surface area contributed by atoms with E-state index in [1.807, 2.05) is 42.5 Å². The topological polar surface area (TPSA) is 72.5 Å². The van der Waals surface area contributed by atoms with Crippen molar-refractivity contribution in [2.75, 3.05) is 5.32 Å². The molecular formula is C17H14N4. The quantitative estimate of drug-likeness (QED) is 0.850. The van der Waals surface area contributed by atoms with Crippen molar-refractivity contribution in [3.63, 3.8) is 0 Å². The van der Waals surface area contributed by atoms with Crippen LogP contribution in [0, 0.1) is 22.7 Å². The number of pyridine rings is 1. The van der Waals surface area contributed by atoms with E-state index in [9.17, 15) is 0 Å². The van der Waals surface area contributed by atoms with Gasteiger partial charge < -0.3 is 5.32 Å². The molecule has 0 radical (unpaired) electrons. The summed E-state index contributed by atoms with van der Waals surface area (Å²) in [7, 11) is 0. The highest BCUT2D eigenvalue weighted by Gasteiger charge is 1.98. The zero-order valence-corrected chi connectivity index (χ0v) is 11.5. The van der Waals surface area contributed by atoms with Crippen LogP contribution in [0.4, 0.5) is 5.69 Å². The number of benzene rings is 1. The Bertz CT molecular complexity index is 690. The van der Waals surface area contributed by atoms with Crippen LogP contribution in [0.3, 0.4) is 0 Å². The zero-order valence-electron chi connectivity index (χ0n) is 11.5. The molecule has 1 N–H and O–H groups in total. The number of nitrogens with zero attached hydrogens (tertiary/aromatic N) is 3. The van der Waals surface area contributed by atoms with Gasteiger partial charge in [-0.2, -0.15) is 10.5 Å². The highest BCUT2D eigenvalue weighted by molar-refractivity contribution is 5.51. The number of rotatable bonds is 5. The predicted molar refractivity (Wildman–Crippen MR) is 81.0 cm³/mol. The van der Waals surface area contributed by atoms with Crippen LogP contribution in [0.25, 0.3) is 0 Å². The second kappa shape index (κ2) is 7.47. The summed E-state index contributed by atoms with van der Waals surface area (Å²) in [5, 5.41) is 20.3. The lowest BCUT2D eigenvalue weighted by atomic mass is 10.0. The minimum Gasteiger partial charge on any atom is -0.360 e. The number of aryl methyl sites for hydroxylation is 2. The Hall–Kier alpha value is -3.11. The Morgan fingerprint density at radius 2 is 1.76 bits per heavy atom. The van der Waals surface area contributed by atoms with E-state index >= 15 is 0 Å². The van der Waals surface area contributed by atoms with Crippen LogP contribution < -0.4 is 5.32 Å². The van der Waals surface area contributed by atoms with Crippen molar-refractivity contribution in [2.24, 2.45) is 0 Å². The van der Waals surface area contributed by atoms with E-state index in [-0.39, 0.29) is 5.57 Å². The van der Waals surface area contributed by atoms with Crippen molar-refractivity contribution in [1.82, 2.24) is 4.98 Å². The lowest BCUT2D eigenvalue weighted by Crippen LogP contribution is -1.94. The molecule has 0 amide bonds. The third-order valence-electron chi connectivity index (χ3n) is 3.00. The number of allylic oxidation sites excluding steroid dienone is 1. The van der Waals surface area contributed by atoms with E-state index in [1.165, 1.54) is 17.3 Å². The molecule has 0 saturated carbocycles. The van der Waals surface area contributed by atoms with Gasteiger partial charge in [0.05, 0.1) is 0 Å². The second-order valence-electron chi connectivity index (χ2n) is 4.48. The van der Waals surface area contributed by atoms with Gasteiger partial charge in [0.25, 0.3) is 0 Å². The Balaban J connectivity index is 2.00. The normalized spacial score (nSPS) is 9.24. The van der Waals surface area contributed by atoms with Gasteiger partial charge in [0, 0.05) is 24.3 Å². The van der Waals surface area contributed by atoms with Gasteiger partial charge >= 0.3 is 0 Å². The molecule has 0 fully saturated rings. The number of hydrogen-bond acceptors (Lipinski definition) is 4. The van der Waals surface area contributed by atoms with Crippen molar-refractivity contribution in [2.45, 2.75) is 12.8 Å². The SMILES string of the molecule is N#CC(C#N)=CNc1cccc(CCc2ccncc2)c1. The van der Waals surface area contributed by atoms with Crippen LogP contribution >= 0.6 is 0 Å². The van der Waals surface area contributed by atoms with Gasteiger partial charge in [-0.1, -0.05) is 12.1 Å². The third kappa shape index (κ3) is 4.49. The molecule has 4 nitrogen and oxygen atoms in total. The Labute approximate surface area is 124 Å². The van der Waals surface area contributed by atoms with Crippen molar-refractivity contribution < 1.29 is 0 Å². The average Bonchev–Trinajstić information content (AvgIpc) is 2.55. The van der Waals surface area contributed by atoms with E-state index in [0.717, 1.165) is 18.5 Å². The molecule has 102 valence electrons. The van der Waals surface area contributed by atoms with E-state index in [1.54, 1.807) is 12.4 Å². The Kier molecular flexibility index (Phi) is 5.09. The summed E-state index contributed by atoms with van der Waals surface area (Å²) >= 11 is 0. The minimum absolute atomic E-state index is 0.0530. The number of hydrogen-bond donors (Lipinski definition) is 1. The number of anilines is 1. The molecule has 1 aromatic carbocycles. The monoisotopic (exact) mass is 274 g/mol. The first-order chi connectivity index (χ1) is 10.3. The molecule has 0 saturated heterocycles. The molecule has 0 unspecified atom stereocenters. The van der Waals surface area contributed by atoms with E-state index in [2.05, 4.69) is 16.4 Å². The Morgan fingerprint density at radius 1 is 1.05 bits per heavy atom. The molecule has 1 aromatic heterocycles. The molecule has 0 aliphatic heterocycles. The highest BCUT2D eigenvalue weighted by atomic mass is 14.8. The van der Waals surface area contributed by atoms with Gasteiger partial charge in [0.15, 0.2) is 0 Å². The van der Waals surface area contributed by atoms with Crippen molar-refractivity contribution >= 4 is 5.69 Å². The van der Waals surface area contributed by atoms with Gasteiger partial charge in [-0.15, -0.1) is 0 Å². The standard InChI is InChI=1S/C17H14N4/c18-11-16(12-19)13-21-17-3-1-2-15(10-17)5-4-14-6-8-20-9-7-14/h1-3,6-10,13,21H,4-5H2. The molecule has 0 aliphatic rings. The fourth-order valence-corrected chi connectivity index (χ4v) is 1.90. The molecule has 21 heavy (non-hydrogen) atoms. The summed E-state index contributed by atoms with van der Waals surface area (Å²) in [5.74, 6) is 0. The third-order valence-corrected chi connectivity index (χ3v) is 3.00. The van der Waals surface area contributed by atoms with Crippen LogP contribution in [0.2, 0.25) is 0 Å². The lowest BCUT2D eigenvalue weighted by Gasteiger charge is -2.05. The van der Waals surface area contributed by atoms with Crippen molar-refractivity contribution in [3.8, 4) is 12.1 Å². The van der Waals surface area contributed by atoms with Crippen molar-refractivity contribution in [1.29, 1.82) is 10.5 Å². The first-order valence-corrected chi connectivity index (χ1v) is 6.56. The summed E-state index contributed by atoms with van der Waals surface area (Å²) in [5.41, 5.74) is 3.36. The van der Waals surface area contributed by atoms with Gasteiger partial charge in [0.2, 0.25) is 0 Å². The van der Waals surface area contributed by atoms with Crippen LogP contribution in [0.15, 0.2) is 60.6 Å². The van der Waals surface area contributed by atoms with Crippen LogP contribution in [0.5, 0.6) is 0 Å². The second-order valence-corrected chi connectivity index (χ2v) is 4.48. The first kappa shape index (κ1) is 14.3.